The molecule has 3 aromatic carbocycles. The number of carbonyl (C=O) groups is 1. The predicted octanol–water partition coefficient (Wildman–Crippen LogP) is 4.32. The number of nitrogens with one attached hydrogen (secondary N) is 1. The maximum atomic E-state index is 13.7. The number of ether oxygens (including phenoxy) is 1. The average molecular weight is 463 g/mol. The first-order valence-electron chi connectivity index (χ1n) is 9.23. The summed E-state index contributed by atoms with van der Waals surface area (Å²) in [7, 11) is -2.23. The van der Waals surface area contributed by atoms with E-state index < -0.39 is 10.0 Å². The molecule has 3 rings (SSSR count). The fourth-order valence-corrected chi connectivity index (χ4v) is 3.86. The molecule has 0 heterocycles. The highest BCUT2D eigenvalue weighted by atomic mass is 35.5. The number of likely N-dealkylation sites (N-methyl/N-ethyl adjacent to an activating group) is 1. The van der Waals surface area contributed by atoms with Gasteiger partial charge in [-0.05, 0) is 54.6 Å². The Balaban J connectivity index is 1.56. The van der Waals surface area contributed by atoms with E-state index in [1.165, 1.54) is 35.2 Å². The lowest BCUT2D eigenvalue weighted by Gasteiger charge is -2.18. The Morgan fingerprint density at radius 2 is 1.68 bits per heavy atom. The zero-order valence-electron chi connectivity index (χ0n) is 16.6. The summed E-state index contributed by atoms with van der Waals surface area (Å²) in [6, 6.07) is 18.2. The van der Waals surface area contributed by atoms with Crippen LogP contribution in [0.3, 0.4) is 0 Å². The first-order valence-corrected chi connectivity index (χ1v) is 11.1. The molecule has 31 heavy (non-hydrogen) atoms. The molecule has 0 aliphatic carbocycles. The molecule has 0 aliphatic rings. The average Bonchev–Trinajstić information content (AvgIpc) is 2.75. The lowest BCUT2D eigenvalue weighted by atomic mass is 10.2. The highest BCUT2D eigenvalue weighted by Crippen LogP contribution is 2.21. The van der Waals surface area contributed by atoms with Gasteiger partial charge in [-0.25, -0.2) is 12.8 Å². The van der Waals surface area contributed by atoms with Crippen LogP contribution in [0.4, 0.5) is 10.1 Å². The SMILES string of the molecule is CN(Cc1ccccc1F)C(=O)COc1ccc(S(=O)(=O)Nc2ccc(Cl)cc2)cc1. The fourth-order valence-electron chi connectivity index (χ4n) is 2.67. The molecule has 0 unspecified atom stereocenters. The molecule has 1 amide bonds. The first-order chi connectivity index (χ1) is 14.7. The molecule has 0 saturated carbocycles. The summed E-state index contributed by atoms with van der Waals surface area (Å²) in [4.78, 5) is 13.6. The van der Waals surface area contributed by atoms with Crippen LogP contribution in [0.5, 0.6) is 5.75 Å². The second kappa shape index (κ2) is 9.80. The Hall–Kier alpha value is -3.10. The Morgan fingerprint density at radius 3 is 2.32 bits per heavy atom. The Morgan fingerprint density at radius 1 is 1.03 bits per heavy atom. The van der Waals surface area contributed by atoms with Crippen molar-refractivity contribution in [3.63, 3.8) is 0 Å². The number of halogens is 2. The number of benzene rings is 3. The van der Waals surface area contributed by atoms with Gasteiger partial charge in [-0.1, -0.05) is 29.8 Å². The Bertz CT molecular complexity index is 1150. The van der Waals surface area contributed by atoms with E-state index in [-0.39, 0.29) is 29.8 Å². The number of hydrogen-bond acceptors (Lipinski definition) is 4. The van der Waals surface area contributed by atoms with Gasteiger partial charge in [0.15, 0.2) is 6.61 Å². The van der Waals surface area contributed by atoms with Crippen LogP contribution in [0.15, 0.2) is 77.7 Å². The van der Waals surface area contributed by atoms with E-state index >= 15 is 0 Å². The van der Waals surface area contributed by atoms with Crippen molar-refractivity contribution in [2.75, 3.05) is 18.4 Å². The third kappa shape index (κ3) is 6.19. The molecule has 0 atom stereocenters. The predicted molar refractivity (Wildman–Crippen MR) is 117 cm³/mol. The van der Waals surface area contributed by atoms with Crippen LogP contribution < -0.4 is 9.46 Å². The van der Waals surface area contributed by atoms with Crippen molar-refractivity contribution >= 4 is 33.2 Å². The maximum absolute atomic E-state index is 13.7. The molecule has 9 heteroatoms. The minimum atomic E-state index is -3.79. The summed E-state index contributed by atoms with van der Waals surface area (Å²) in [6.07, 6.45) is 0. The van der Waals surface area contributed by atoms with Crippen LogP contribution in [0.1, 0.15) is 5.56 Å². The van der Waals surface area contributed by atoms with Crippen molar-refractivity contribution in [1.82, 2.24) is 4.90 Å². The van der Waals surface area contributed by atoms with E-state index in [1.54, 1.807) is 49.5 Å². The highest BCUT2D eigenvalue weighted by molar-refractivity contribution is 7.92. The van der Waals surface area contributed by atoms with E-state index in [1.807, 2.05) is 0 Å². The molecule has 0 fully saturated rings. The molecular formula is C22H20ClFN2O4S. The largest absolute Gasteiger partial charge is 0.484 e. The third-order valence-electron chi connectivity index (χ3n) is 4.38. The van der Waals surface area contributed by atoms with Gasteiger partial charge in [0.1, 0.15) is 11.6 Å². The normalized spacial score (nSPS) is 11.1. The molecule has 0 aromatic heterocycles. The number of nitrogens with zero attached hydrogens (tertiary/aromatic N) is 1. The van der Waals surface area contributed by atoms with Gasteiger partial charge >= 0.3 is 0 Å². The van der Waals surface area contributed by atoms with Crippen LogP contribution in [0.2, 0.25) is 5.02 Å². The zero-order valence-corrected chi connectivity index (χ0v) is 18.2. The van der Waals surface area contributed by atoms with E-state index in [0.29, 0.717) is 22.0 Å². The molecule has 0 saturated heterocycles. The third-order valence-corrected chi connectivity index (χ3v) is 6.03. The molecule has 1 N–H and O–H groups in total. The van der Waals surface area contributed by atoms with Gasteiger partial charge in [0.25, 0.3) is 15.9 Å². The van der Waals surface area contributed by atoms with Crippen LogP contribution in [-0.2, 0) is 21.4 Å². The molecule has 0 spiro atoms. The number of amides is 1. The Kier molecular flexibility index (Phi) is 7.14. The van der Waals surface area contributed by atoms with Crippen molar-refractivity contribution in [3.8, 4) is 5.75 Å². The van der Waals surface area contributed by atoms with Gasteiger partial charge in [0.05, 0.1) is 4.90 Å². The minimum absolute atomic E-state index is 0.0396. The Labute approximate surface area is 185 Å². The van der Waals surface area contributed by atoms with Crippen molar-refractivity contribution in [2.45, 2.75) is 11.4 Å². The number of carbonyl (C=O) groups excluding carboxylic acids is 1. The standard InChI is InChI=1S/C22H20ClFN2O4S/c1-26(14-16-4-2-3-5-21(16)24)22(27)15-30-19-10-12-20(13-11-19)31(28,29)25-18-8-6-17(23)7-9-18/h2-13,25H,14-15H2,1H3. The van der Waals surface area contributed by atoms with E-state index in [4.69, 9.17) is 16.3 Å². The van der Waals surface area contributed by atoms with Gasteiger partial charge in [0, 0.05) is 29.9 Å². The monoisotopic (exact) mass is 462 g/mol. The second-order valence-electron chi connectivity index (χ2n) is 6.71. The van der Waals surface area contributed by atoms with Crippen LogP contribution >= 0.6 is 11.6 Å². The van der Waals surface area contributed by atoms with E-state index in [2.05, 4.69) is 4.72 Å². The summed E-state index contributed by atoms with van der Waals surface area (Å²) in [5, 5.41) is 0.499. The summed E-state index contributed by atoms with van der Waals surface area (Å²) in [6.45, 7) is -0.150. The lowest BCUT2D eigenvalue weighted by Crippen LogP contribution is -2.31. The smallest absolute Gasteiger partial charge is 0.261 e. The molecular weight excluding hydrogens is 443 g/mol. The van der Waals surface area contributed by atoms with Gasteiger partial charge in [-0.15, -0.1) is 0 Å². The molecule has 162 valence electrons. The molecule has 0 bridgehead atoms. The number of anilines is 1. The van der Waals surface area contributed by atoms with Crippen molar-refractivity contribution in [3.05, 3.63) is 89.2 Å². The van der Waals surface area contributed by atoms with Crippen LogP contribution in [0.25, 0.3) is 0 Å². The summed E-state index contributed by atoms with van der Waals surface area (Å²) in [5.74, 6) is -0.394. The minimum Gasteiger partial charge on any atom is -0.484 e. The lowest BCUT2D eigenvalue weighted by molar-refractivity contribution is -0.132. The van der Waals surface area contributed by atoms with Crippen molar-refractivity contribution in [1.29, 1.82) is 0 Å². The highest BCUT2D eigenvalue weighted by Gasteiger charge is 2.15. The number of hydrogen-bond donors (Lipinski definition) is 1. The van der Waals surface area contributed by atoms with Crippen LogP contribution in [-0.4, -0.2) is 32.9 Å². The molecule has 0 radical (unpaired) electrons. The number of sulfonamides is 1. The second-order valence-corrected chi connectivity index (χ2v) is 8.83. The summed E-state index contributed by atoms with van der Waals surface area (Å²) < 4.78 is 46.6. The van der Waals surface area contributed by atoms with Gasteiger partial charge in [-0.2, -0.15) is 0 Å². The molecule has 0 aliphatic heterocycles. The topological polar surface area (TPSA) is 75.7 Å². The van der Waals surface area contributed by atoms with Crippen LogP contribution in [0, 0.1) is 5.82 Å². The molecule has 6 nitrogen and oxygen atoms in total. The molecule has 3 aromatic rings. The van der Waals surface area contributed by atoms with E-state index in [9.17, 15) is 17.6 Å². The number of rotatable bonds is 8. The van der Waals surface area contributed by atoms with Gasteiger partial charge in [-0.3, -0.25) is 9.52 Å². The quantitative estimate of drug-likeness (QED) is 0.541. The first kappa shape index (κ1) is 22.6. The summed E-state index contributed by atoms with van der Waals surface area (Å²) >= 11 is 5.80. The zero-order chi connectivity index (χ0) is 22.4. The van der Waals surface area contributed by atoms with E-state index in [0.717, 1.165) is 0 Å². The van der Waals surface area contributed by atoms with Gasteiger partial charge in [0.2, 0.25) is 0 Å². The fraction of sp³-hybridized carbons (Fsp3) is 0.136. The summed E-state index contributed by atoms with van der Waals surface area (Å²) in [5.41, 5.74) is 0.786. The maximum Gasteiger partial charge on any atom is 0.261 e. The van der Waals surface area contributed by atoms with Gasteiger partial charge < -0.3 is 9.64 Å². The van der Waals surface area contributed by atoms with Crippen molar-refractivity contribution in [2.24, 2.45) is 0 Å². The van der Waals surface area contributed by atoms with Crippen molar-refractivity contribution < 1.29 is 22.3 Å².